The van der Waals surface area contributed by atoms with Crippen LogP contribution < -0.4 is 10.9 Å². The first-order valence-electron chi connectivity index (χ1n) is 7.82. The van der Waals surface area contributed by atoms with Crippen LogP contribution in [0.3, 0.4) is 0 Å². The molecule has 3 rings (SSSR count). The van der Waals surface area contributed by atoms with Crippen molar-refractivity contribution in [1.29, 1.82) is 0 Å². The van der Waals surface area contributed by atoms with Crippen molar-refractivity contribution in [2.45, 2.75) is 19.5 Å². The zero-order chi connectivity index (χ0) is 17.6. The Labute approximate surface area is 144 Å². The van der Waals surface area contributed by atoms with Crippen LogP contribution in [0.15, 0.2) is 66.0 Å². The molecule has 0 aliphatic carbocycles. The molecule has 7 heteroatoms. The average molecular weight is 335 g/mol. The van der Waals surface area contributed by atoms with Gasteiger partial charge in [0.05, 0.1) is 5.69 Å². The molecule has 0 bridgehead atoms. The lowest BCUT2D eigenvalue weighted by molar-refractivity contribution is -0.124. The number of pyridine rings is 2. The van der Waals surface area contributed by atoms with Crippen LogP contribution in [0.5, 0.6) is 0 Å². The monoisotopic (exact) mass is 335 g/mol. The number of aromatic nitrogens is 4. The van der Waals surface area contributed by atoms with Crippen molar-refractivity contribution in [3.8, 4) is 11.3 Å². The summed E-state index contributed by atoms with van der Waals surface area (Å²) < 4.78 is 1.19. The smallest absolute Gasteiger partial charge is 0.267 e. The molecule has 0 radical (unpaired) electrons. The third-order valence-corrected chi connectivity index (χ3v) is 3.76. The Kier molecular flexibility index (Phi) is 4.94. The van der Waals surface area contributed by atoms with Crippen LogP contribution in [0, 0.1) is 0 Å². The number of rotatable bonds is 5. The highest BCUT2D eigenvalue weighted by molar-refractivity contribution is 5.79. The predicted octanol–water partition coefficient (Wildman–Crippen LogP) is 1.58. The summed E-state index contributed by atoms with van der Waals surface area (Å²) in [6, 6.07) is 9.55. The van der Waals surface area contributed by atoms with Gasteiger partial charge in [-0.15, -0.1) is 0 Å². The minimum Gasteiger partial charge on any atom is -0.350 e. The quantitative estimate of drug-likeness (QED) is 0.764. The number of hydrogen-bond donors (Lipinski definition) is 1. The molecule has 25 heavy (non-hydrogen) atoms. The summed E-state index contributed by atoms with van der Waals surface area (Å²) in [7, 11) is 0. The van der Waals surface area contributed by atoms with E-state index in [1.807, 2.05) is 12.1 Å². The van der Waals surface area contributed by atoms with E-state index in [9.17, 15) is 9.59 Å². The normalized spacial score (nSPS) is 11.7. The van der Waals surface area contributed by atoms with E-state index in [0.29, 0.717) is 12.2 Å². The Morgan fingerprint density at radius 1 is 1.04 bits per heavy atom. The van der Waals surface area contributed by atoms with E-state index < -0.39 is 6.04 Å². The standard InChI is InChI=1S/C18H17N5O2/c1-13(18(25)21-12-14-4-8-19-9-5-14)23-17(24)3-2-16(22-23)15-6-10-20-11-7-15/h2-11,13H,12H2,1H3,(H,21,25). The molecule has 0 aromatic carbocycles. The molecule has 1 N–H and O–H groups in total. The highest BCUT2D eigenvalue weighted by Gasteiger charge is 2.17. The van der Waals surface area contributed by atoms with Gasteiger partial charge < -0.3 is 5.32 Å². The van der Waals surface area contributed by atoms with Gasteiger partial charge in [0, 0.05) is 43.0 Å². The van der Waals surface area contributed by atoms with Gasteiger partial charge in [-0.3, -0.25) is 19.6 Å². The zero-order valence-electron chi connectivity index (χ0n) is 13.7. The molecule has 1 unspecified atom stereocenters. The number of carbonyl (C=O) groups is 1. The van der Waals surface area contributed by atoms with E-state index in [1.54, 1.807) is 49.9 Å². The summed E-state index contributed by atoms with van der Waals surface area (Å²) in [4.78, 5) is 32.4. The number of carbonyl (C=O) groups excluding carboxylic acids is 1. The van der Waals surface area contributed by atoms with E-state index in [2.05, 4.69) is 20.4 Å². The predicted molar refractivity (Wildman–Crippen MR) is 92.5 cm³/mol. The summed E-state index contributed by atoms with van der Waals surface area (Å²) in [5.74, 6) is -0.279. The maximum atomic E-state index is 12.4. The van der Waals surface area contributed by atoms with Gasteiger partial charge in [0.1, 0.15) is 6.04 Å². The Hall–Kier alpha value is -3.35. The Balaban J connectivity index is 1.78. The second-order valence-corrected chi connectivity index (χ2v) is 5.49. The van der Waals surface area contributed by atoms with E-state index in [0.717, 1.165) is 11.1 Å². The molecular formula is C18H17N5O2. The largest absolute Gasteiger partial charge is 0.350 e. The molecule has 0 aliphatic heterocycles. The van der Waals surface area contributed by atoms with Gasteiger partial charge in [-0.2, -0.15) is 5.10 Å². The number of nitrogens with one attached hydrogen (secondary N) is 1. The third kappa shape index (κ3) is 3.95. The summed E-state index contributed by atoms with van der Waals surface area (Å²) in [6.07, 6.45) is 6.62. The summed E-state index contributed by atoms with van der Waals surface area (Å²) in [6.45, 7) is 2.01. The highest BCUT2D eigenvalue weighted by atomic mass is 16.2. The van der Waals surface area contributed by atoms with Gasteiger partial charge >= 0.3 is 0 Å². The number of hydrogen-bond acceptors (Lipinski definition) is 5. The minimum atomic E-state index is -0.726. The SMILES string of the molecule is CC(C(=O)NCc1ccncc1)n1nc(-c2ccncc2)ccc1=O. The van der Waals surface area contributed by atoms with Crippen molar-refractivity contribution in [3.05, 3.63) is 77.1 Å². The molecule has 0 spiro atoms. The first-order valence-corrected chi connectivity index (χ1v) is 7.82. The van der Waals surface area contributed by atoms with Crippen LogP contribution in [-0.2, 0) is 11.3 Å². The molecule has 1 amide bonds. The van der Waals surface area contributed by atoms with Crippen molar-refractivity contribution < 1.29 is 4.79 Å². The first-order chi connectivity index (χ1) is 12.1. The molecule has 126 valence electrons. The molecule has 0 aliphatic rings. The van der Waals surface area contributed by atoms with Gasteiger partial charge in [0.15, 0.2) is 0 Å². The lowest BCUT2D eigenvalue weighted by Crippen LogP contribution is -2.36. The van der Waals surface area contributed by atoms with Crippen LogP contribution in [0.2, 0.25) is 0 Å². The van der Waals surface area contributed by atoms with E-state index >= 15 is 0 Å². The van der Waals surface area contributed by atoms with E-state index in [-0.39, 0.29) is 11.5 Å². The Morgan fingerprint density at radius 3 is 2.36 bits per heavy atom. The van der Waals surface area contributed by atoms with Crippen molar-refractivity contribution in [1.82, 2.24) is 25.1 Å². The third-order valence-electron chi connectivity index (χ3n) is 3.76. The van der Waals surface area contributed by atoms with Crippen LogP contribution in [0.25, 0.3) is 11.3 Å². The molecule has 3 aromatic rings. The fraction of sp³-hybridized carbons (Fsp3) is 0.167. The van der Waals surface area contributed by atoms with Crippen molar-refractivity contribution >= 4 is 5.91 Å². The van der Waals surface area contributed by atoms with Crippen molar-refractivity contribution in [2.24, 2.45) is 0 Å². The fourth-order valence-electron chi connectivity index (χ4n) is 2.33. The fourth-order valence-corrected chi connectivity index (χ4v) is 2.33. The highest BCUT2D eigenvalue weighted by Crippen LogP contribution is 2.14. The minimum absolute atomic E-state index is 0.279. The van der Waals surface area contributed by atoms with Crippen molar-refractivity contribution in [2.75, 3.05) is 0 Å². The van der Waals surface area contributed by atoms with Crippen LogP contribution in [-0.4, -0.2) is 25.7 Å². The molecule has 3 heterocycles. The van der Waals surface area contributed by atoms with Crippen LogP contribution in [0.1, 0.15) is 18.5 Å². The Morgan fingerprint density at radius 2 is 1.68 bits per heavy atom. The second kappa shape index (κ2) is 7.48. The summed E-state index contributed by atoms with van der Waals surface area (Å²) >= 11 is 0. The molecule has 1 atom stereocenters. The summed E-state index contributed by atoms with van der Waals surface area (Å²) in [5, 5.41) is 7.13. The van der Waals surface area contributed by atoms with Gasteiger partial charge in [-0.25, -0.2) is 4.68 Å². The molecule has 3 aromatic heterocycles. The van der Waals surface area contributed by atoms with Gasteiger partial charge in [0.25, 0.3) is 5.56 Å². The number of nitrogens with zero attached hydrogens (tertiary/aromatic N) is 4. The van der Waals surface area contributed by atoms with E-state index in [1.165, 1.54) is 10.7 Å². The van der Waals surface area contributed by atoms with Gasteiger partial charge in [0.2, 0.25) is 5.91 Å². The lowest BCUT2D eigenvalue weighted by Gasteiger charge is -2.15. The zero-order valence-corrected chi connectivity index (χ0v) is 13.7. The van der Waals surface area contributed by atoms with E-state index in [4.69, 9.17) is 0 Å². The van der Waals surface area contributed by atoms with Gasteiger partial charge in [-0.05, 0) is 42.8 Å². The maximum Gasteiger partial charge on any atom is 0.267 e. The lowest BCUT2D eigenvalue weighted by atomic mass is 10.2. The van der Waals surface area contributed by atoms with Crippen molar-refractivity contribution in [3.63, 3.8) is 0 Å². The molecule has 0 saturated carbocycles. The Bertz CT molecular complexity index is 910. The second-order valence-electron chi connectivity index (χ2n) is 5.49. The molecule has 7 nitrogen and oxygen atoms in total. The van der Waals surface area contributed by atoms with Crippen LogP contribution >= 0.6 is 0 Å². The molecule has 0 fully saturated rings. The first kappa shape index (κ1) is 16.5. The maximum absolute atomic E-state index is 12.4. The van der Waals surface area contributed by atoms with Crippen LogP contribution in [0.4, 0.5) is 0 Å². The number of amides is 1. The average Bonchev–Trinajstić information content (AvgIpc) is 2.67. The molecular weight excluding hydrogens is 318 g/mol. The molecule has 0 saturated heterocycles. The topological polar surface area (TPSA) is 89.8 Å². The summed E-state index contributed by atoms with van der Waals surface area (Å²) in [5.41, 5.74) is 2.04. The van der Waals surface area contributed by atoms with Gasteiger partial charge in [-0.1, -0.05) is 0 Å².